The van der Waals surface area contributed by atoms with Crippen LogP contribution in [-0.4, -0.2) is 5.11 Å². The van der Waals surface area contributed by atoms with E-state index in [1.807, 2.05) is 6.92 Å². The minimum atomic E-state index is -0.385. The third-order valence-corrected chi connectivity index (χ3v) is 1.61. The molecule has 59 valence electrons. The van der Waals surface area contributed by atoms with E-state index >= 15 is 0 Å². The van der Waals surface area contributed by atoms with Crippen LogP contribution in [0.4, 0.5) is 4.39 Å². The monoisotopic (exact) mass is 153 g/mol. The van der Waals surface area contributed by atoms with Crippen LogP contribution in [0.3, 0.4) is 0 Å². The van der Waals surface area contributed by atoms with Crippen LogP contribution in [-0.2, 0) is 6.42 Å². The molecule has 0 atom stereocenters. The van der Waals surface area contributed by atoms with Crippen molar-refractivity contribution in [2.45, 2.75) is 13.3 Å². The lowest BCUT2D eigenvalue weighted by atomic mass is 10.1. The minimum absolute atomic E-state index is 0.254. The molecule has 0 saturated carbocycles. The van der Waals surface area contributed by atoms with Crippen molar-refractivity contribution in [3.8, 4) is 0 Å². The van der Waals surface area contributed by atoms with Gasteiger partial charge in [-0.15, -0.1) is 0 Å². The second-order valence-corrected chi connectivity index (χ2v) is 2.34. The molecule has 1 radical (unpaired) electrons. The van der Waals surface area contributed by atoms with Crippen LogP contribution < -0.4 is 0 Å². The van der Waals surface area contributed by atoms with Gasteiger partial charge in [0.05, 0.1) is 0 Å². The Morgan fingerprint density at radius 3 is 2.82 bits per heavy atom. The van der Waals surface area contributed by atoms with Crippen LogP contribution in [0.25, 0.3) is 0 Å². The van der Waals surface area contributed by atoms with Gasteiger partial charge in [-0.1, -0.05) is 19.1 Å². The lowest BCUT2D eigenvalue weighted by Crippen LogP contribution is -1.89. The fraction of sp³-hybridized carbons (Fsp3) is 0.222. The molecule has 0 spiro atoms. The maximum atomic E-state index is 12.7. The Labute approximate surface area is 65.5 Å². The highest BCUT2D eigenvalue weighted by atomic mass is 19.1. The molecule has 1 aromatic rings. The average molecular weight is 153 g/mol. The second-order valence-electron chi connectivity index (χ2n) is 2.34. The molecule has 0 aliphatic heterocycles. The van der Waals surface area contributed by atoms with Crippen molar-refractivity contribution in [3.63, 3.8) is 0 Å². The van der Waals surface area contributed by atoms with E-state index in [0.717, 1.165) is 18.6 Å². The van der Waals surface area contributed by atoms with E-state index in [4.69, 9.17) is 5.11 Å². The van der Waals surface area contributed by atoms with Crippen molar-refractivity contribution in [1.29, 1.82) is 0 Å². The molecule has 1 nitrogen and oxygen atoms in total. The van der Waals surface area contributed by atoms with Crippen LogP contribution in [0.2, 0.25) is 0 Å². The maximum absolute atomic E-state index is 12.7. The predicted octanol–water partition coefficient (Wildman–Crippen LogP) is 2.27. The summed E-state index contributed by atoms with van der Waals surface area (Å²) in [6.45, 7) is 2.77. The van der Waals surface area contributed by atoms with Gasteiger partial charge in [0.1, 0.15) is 12.4 Å². The Morgan fingerprint density at radius 1 is 1.55 bits per heavy atom. The molecule has 0 aliphatic rings. The van der Waals surface area contributed by atoms with Crippen LogP contribution in [0, 0.1) is 12.4 Å². The van der Waals surface area contributed by atoms with Gasteiger partial charge in [0.2, 0.25) is 0 Å². The van der Waals surface area contributed by atoms with Gasteiger partial charge in [-0.3, -0.25) is 0 Å². The first-order valence-corrected chi connectivity index (χ1v) is 3.53. The highest BCUT2D eigenvalue weighted by molar-refractivity contribution is 5.28. The zero-order chi connectivity index (χ0) is 8.27. The Bertz CT molecular complexity index is 245. The molecule has 1 rings (SSSR count). The smallest absolute Gasteiger partial charge is 0.129 e. The highest BCUT2D eigenvalue weighted by Crippen LogP contribution is 2.11. The topological polar surface area (TPSA) is 20.2 Å². The molecular weight excluding hydrogens is 143 g/mol. The molecule has 11 heavy (non-hydrogen) atoms. The van der Waals surface area contributed by atoms with E-state index in [2.05, 4.69) is 0 Å². The number of rotatable bonds is 2. The molecule has 0 aliphatic carbocycles. The van der Waals surface area contributed by atoms with Crippen LogP contribution in [0.15, 0.2) is 18.2 Å². The molecule has 1 aromatic carbocycles. The molecule has 0 amide bonds. The third kappa shape index (κ3) is 1.77. The average Bonchev–Trinajstić information content (AvgIpc) is 2.05. The zero-order valence-electron chi connectivity index (χ0n) is 6.34. The van der Waals surface area contributed by atoms with Crippen molar-refractivity contribution in [2.24, 2.45) is 0 Å². The molecule has 0 unspecified atom stereocenters. The Balaban J connectivity index is 3.02. The van der Waals surface area contributed by atoms with E-state index in [-0.39, 0.29) is 11.4 Å². The fourth-order valence-electron chi connectivity index (χ4n) is 0.912. The normalized spacial score (nSPS) is 10.1. The zero-order valence-corrected chi connectivity index (χ0v) is 6.34. The van der Waals surface area contributed by atoms with Crippen LogP contribution in [0.5, 0.6) is 0 Å². The van der Waals surface area contributed by atoms with E-state index in [9.17, 15) is 4.39 Å². The van der Waals surface area contributed by atoms with Crippen molar-refractivity contribution in [3.05, 3.63) is 41.8 Å². The largest absolute Gasteiger partial charge is 0.385 e. The fourth-order valence-corrected chi connectivity index (χ4v) is 0.912. The summed E-state index contributed by atoms with van der Waals surface area (Å²) in [4.78, 5) is 0. The van der Waals surface area contributed by atoms with Crippen LogP contribution >= 0.6 is 0 Å². The summed E-state index contributed by atoms with van der Waals surface area (Å²) >= 11 is 0. The Hall–Kier alpha value is -0.890. The molecule has 0 bridgehead atoms. The summed E-state index contributed by atoms with van der Waals surface area (Å²) < 4.78 is 12.7. The summed E-state index contributed by atoms with van der Waals surface area (Å²) in [5.74, 6) is -0.385. The van der Waals surface area contributed by atoms with E-state index in [0.29, 0.717) is 0 Å². The first-order chi connectivity index (χ1) is 5.27. The van der Waals surface area contributed by atoms with Crippen molar-refractivity contribution in [2.75, 3.05) is 0 Å². The standard InChI is InChI=1S/C9H10FO/c1-2-7-3-4-9(10)8(5-7)6-11/h3-6,11H,2H2,1H3. The lowest BCUT2D eigenvalue weighted by molar-refractivity contribution is 0.407. The van der Waals surface area contributed by atoms with Gasteiger partial charge in [-0.05, 0) is 18.1 Å². The van der Waals surface area contributed by atoms with Gasteiger partial charge in [-0.2, -0.15) is 0 Å². The van der Waals surface area contributed by atoms with Gasteiger partial charge < -0.3 is 5.11 Å². The Kier molecular flexibility index (Phi) is 2.60. The van der Waals surface area contributed by atoms with E-state index in [1.165, 1.54) is 6.07 Å². The predicted molar refractivity (Wildman–Crippen MR) is 41.1 cm³/mol. The molecule has 2 heteroatoms. The SMILES string of the molecule is CCc1ccc(F)c([CH]O)c1. The number of aryl methyl sites for hydroxylation is 1. The number of hydrogen-bond donors (Lipinski definition) is 1. The number of aliphatic hydroxyl groups excluding tert-OH is 1. The summed E-state index contributed by atoms with van der Waals surface area (Å²) in [5, 5.41) is 8.57. The Morgan fingerprint density at radius 2 is 2.27 bits per heavy atom. The summed E-state index contributed by atoms with van der Waals surface area (Å²) in [6.07, 6.45) is 0.848. The van der Waals surface area contributed by atoms with Gasteiger partial charge in [0.15, 0.2) is 0 Å². The summed E-state index contributed by atoms with van der Waals surface area (Å²) in [6, 6.07) is 4.71. The first kappa shape index (κ1) is 8.21. The highest BCUT2D eigenvalue weighted by Gasteiger charge is 2.00. The van der Waals surface area contributed by atoms with Gasteiger partial charge >= 0.3 is 0 Å². The van der Waals surface area contributed by atoms with Crippen molar-refractivity contribution in [1.82, 2.24) is 0 Å². The van der Waals surface area contributed by atoms with Gasteiger partial charge in [0.25, 0.3) is 0 Å². The molecule has 0 fully saturated rings. The van der Waals surface area contributed by atoms with Crippen molar-refractivity contribution >= 4 is 0 Å². The first-order valence-electron chi connectivity index (χ1n) is 3.53. The van der Waals surface area contributed by atoms with Gasteiger partial charge in [0, 0.05) is 5.56 Å². The third-order valence-electron chi connectivity index (χ3n) is 1.61. The van der Waals surface area contributed by atoms with Crippen LogP contribution in [0.1, 0.15) is 18.1 Å². The second kappa shape index (κ2) is 3.49. The number of aliphatic hydroxyl groups is 1. The minimum Gasteiger partial charge on any atom is -0.385 e. The molecule has 1 N–H and O–H groups in total. The van der Waals surface area contributed by atoms with Crippen molar-refractivity contribution < 1.29 is 9.50 Å². The number of benzene rings is 1. The number of halogens is 1. The quantitative estimate of drug-likeness (QED) is 0.691. The molecular formula is C9H10FO. The van der Waals surface area contributed by atoms with Gasteiger partial charge in [-0.25, -0.2) is 4.39 Å². The summed E-state index contributed by atoms with van der Waals surface area (Å²) in [7, 11) is 0. The van der Waals surface area contributed by atoms with E-state index < -0.39 is 0 Å². The molecule has 0 aromatic heterocycles. The maximum Gasteiger partial charge on any atom is 0.129 e. The van der Waals surface area contributed by atoms with E-state index in [1.54, 1.807) is 12.1 Å². The lowest BCUT2D eigenvalue weighted by Gasteiger charge is -2.00. The molecule has 0 heterocycles. The summed E-state index contributed by atoms with van der Waals surface area (Å²) in [5.41, 5.74) is 1.27. The molecule has 0 saturated heterocycles. The number of hydrogen-bond acceptors (Lipinski definition) is 1.